The molecule has 3 aromatic rings. The van der Waals surface area contributed by atoms with Crippen molar-refractivity contribution in [1.82, 2.24) is 9.78 Å². The summed E-state index contributed by atoms with van der Waals surface area (Å²) in [5, 5.41) is 7.44. The molecule has 0 aliphatic carbocycles. The van der Waals surface area contributed by atoms with Crippen LogP contribution in [-0.4, -0.2) is 28.2 Å². The summed E-state index contributed by atoms with van der Waals surface area (Å²) in [5.74, 6) is -0.344. The molecular formula is C20H20N4O3. The van der Waals surface area contributed by atoms with E-state index in [1.54, 1.807) is 28.9 Å². The monoisotopic (exact) mass is 364 g/mol. The molecule has 27 heavy (non-hydrogen) atoms. The van der Waals surface area contributed by atoms with Gasteiger partial charge < -0.3 is 15.8 Å². The Labute approximate surface area is 156 Å². The van der Waals surface area contributed by atoms with Gasteiger partial charge in [-0.15, -0.1) is 0 Å². The number of aromatic nitrogens is 2. The van der Waals surface area contributed by atoms with Gasteiger partial charge in [0.25, 0.3) is 11.8 Å². The van der Waals surface area contributed by atoms with Gasteiger partial charge in [-0.3, -0.25) is 9.59 Å². The first kappa shape index (κ1) is 18.2. The van der Waals surface area contributed by atoms with Gasteiger partial charge in [-0.2, -0.15) is 5.10 Å². The van der Waals surface area contributed by atoms with Gasteiger partial charge in [-0.05, 0) is 50.2 Å². The van der Waals surface area contributed by atoms with Crippen molar-refractivity contribution in [3.05, 3.63) is 71.5 Å². The lowest BCUT2D eigenvalue weighted by molar-refractivity contribution is -0.119. The first-order chi connectivity index (χ1) is 13.0. The third-order valence-electron chi connectivity index (χ3n) is 4.03. The van der Waals surface area contributed by atoms with Crippen molar-refractivity contribution in [3.8, 4) is 11.4 Å². The Balaban J connectivity index is 1.76. The van der Waals surface area contributed by atoms with Crippen LogP contribution in [0, 0.1) is 13.8 Å². The van der Waals surface area contributed by atoms with E-state index in [4.69, 9.17) is 10.5 Å². The minimum atomic E-state index is -0.557. The van der Waals surface area contributed by atoms with Crippen LogP contribution in [0.15, 0.2) is 54.6 Å². The summed E-state index contributed by atoms with van der Waals surface area (Å²) in [6, 6.07) is 16.2. The maximum atomic E-state index is 12.6. The molecule has 2 aromatic carbocycles. The molecule has 0 bridgehead atoms. The lowest BCUT2D eigenvalue weighted by Crippen LogP contribution is -2.20. The molecule has 0 saturated heterocycles. The van der Waals surface area contributed by atoms with E-state index in [9.17, 15) is 9.59 Å². The highest BCUT2D eigenvalue weighted by molar-refractivity contribution is 6.05. The number of rotatable bonds is 6. The lowest BCUT2D eigenvalue weighted by Gasteiger charge is -2.08. The van der Waals surface area contributed by atoms with Crippen molar-refractivity contribution in [2.45, 2.75) is 13.8 Å². The molecule has 0 aliphatic heterocycles. The molecule has 7 nitrogen and oxygen atoms in total. The molecule has 1 heterocycles. The quantitative estimate of drug-likeness (QED) is 0.702. The van der Waals surface area contributed by atoms with Gasteiger partial charge in [0.15, 0.2) is 6.61 Å². The van der Waals surface area contributed by atoms with E-state index in [0.29, 0.717) is 17.0 Å². The molecular weight excluding hydrogens is 344 g/mol. The number of primary amides is 1. The number of para-hydroxylation sites is 1. The van der Waals surface area contributed by atoms with Crippen LogP contribution in [0.5, 0.6) is 5.75 Å². The van der Waals surface area contributed by atoms with Gasteiger partial charge >= 0.3 is 0 Å². The molecule has 0 saturated carbocycles. The van der Waals surface area contributed by atoms with Crippen molar-refractivity contribution < 1.29 is 14.3 Å². The molecule has 7 heteroatoms. The predicted octanol–water partition coefficient (Wildman–Crippen LogP) is 2.61. The van der Waals surface area contributed by atoms with Crippen LogP contribution < -0.4 is 15.8 Å². The Morgan fingerprint density at radius 3 is 2.37 bits per heavy atom. The summed E-state index contributed by atoms with van der Waals surface area (Å²) in [6.45, 7) is 3.55. The number of ether oxygens (including phenoxy) is 1. The van der Waals surface area contributed by atoms with Gasteiger partial charge in [0.2, 0.25) is 0 Å². The highest BCUT2D eigenvalue weighted by atomic mass is 16.5. The van der Waals surface area contributed by atoms with Crippen LogP contribution in [0.1, 0.15) is 21.7 Å². The minimum Gasteiger partial charge on any atom is -0.484 e. The van der Waals surface area contributed by atoms with Crippen molar-refractivity contribution in [1.29, 1.82) is 0 Å². The average molecular weight is 364 g/mol. The van der Waals surface area contributed by atoms with Gasteiger partial charge in [0.05, 0.1) is 22.8 Å². The van der Waals surface area contributed by atoms with Crippen LogP contribution in [0.3, 0.4) is 0 Å². The van der Waals surface area contributed by atoms with E-state index >= 15 is 0 Å². The lowest BCUT2D eigenvalue weighted by atomic mass is 10.2. The zero-order valence-corrected chi connectivity index (χ0v) is 15.1. The third kappa shape index (κ3) is 4.14. The van der Waals surface area contributed by atoms with Crippen LogP contribution in [0.25, 0.3) is 5.69 Å². The molecule has 0 radical (unpaired) electrons. The number of anilines is 1. The smallest absolute Gasteiger partial charge is 0.255 e. The predicted molar refractivity (Wildman–Crippen MR) is 102 cm³/mol. The molecule has 0 unspecified atom stereocenters. The molecule has 1 aromatic heterocycles. The number of hydrogen-bond acceptors (Lipinski definition) is 4. The number of nitrogens with two attached hydrogens (primary N) is 1. The summed E-state index contributed by atoms with van der Waals surface area (Å²) in [7, 11) is 0. The number of benzene rings is 2. The number of nitrogens with one attached hydrogen (secondary N) is 1. The highest BCUT2D eigenvalue weighted by Crippen LogP contribution is 2.23. The second-order valence-corrected chi connectivity index (χ2v) is 6.03. The van der Waals surface area contributed by atoms with Gasteiger partial charge in [0, 0.05) is 5.56 Å². The van der Waals surface area contributed by atoms with Crippen LogP contribution >= 0.6 is 0 Å². The Morgan fingerprint density at radius 1 is 1.07 bits per heavy atom. The molecule has 2 amide bonds. The first-order valence-corrected chi connectivity index (χ1v) is 8.40. The van der Waals surface area contributed by atoms with E-state index in [0.717, 1.165) is 17.1 Å². The molecule has 3 rings (SSSR count). The number of amides is 2. The molecule has 0 fully saturated rings. The second kappa shape index (κ2) is 7.74. The summed E-state index contributed by atoms with van der Waals surface area (Å²) >= 11 is 0. The normalized spacial score (nSPS) is 10.4. The Kier molecular flexibility index (Phi) is 5.21. The van der Waals surface area contributed by atoms with Gasteiger partial charge in [-0.1, -0.05) is 18.2 Å². The summed E-state index contributed by atoms with van der Waals surface area (Å²) in [6.07, 6.45) is 0. The van der Waals surface area contributed by atoms with Gasteiger partial charge in [0.1, 0.15) is 5.75 Å². The molecule has 0 aliphatic rings. The topological polar surface area (TPSA) is 99.2 Å². The maximum Gasteiger partial charge on any atom is 0.255 e. The fraction of sp³-hybridized carbons (Fsp3) is 0.150. The first-order valence-electron chi connectivity index (χ1n) is 8.40. The Hall–Kier alpha value is -3.61. The van der Waals surface area contributed by atoms with Crippen LogP contribution in [0.2, 0.25) is 0 Å². The maximum absolute atomic E-state index is 12.6. The van der Waals surface area contributed by atoms with E-state index < -0.39 is 5.91 Å². The molecule has 0 spiro atoms. The summed E-state index contributed by atoms with van der Waals surface area (Å²) in [4.78, 5) is 23.3. The average Bonchev–Trinajstić information content (AvgIpc) is 2.95. The van der Waals surface area contributed by atoms with Crippen molar-refractivity contribution in [2.24, 2.45) is 5.73 Å². The standard InChI is InChI=1S/C20H20N4O3/c1-13-19(14(2)24(23-13)16-6-4-3-5-7-16)22-20(26)15-8-10-17(11-9-15)27-12-18(21)25/h3-11H,12H2,1-2H3,(H2,21,25)(H,22,26). The zero-order valence-electron chi connectivity index (χ0n) is 15.1. The van der Waals surface area contributed by atoms with E-state index in [1.165, 1.54) is 0 Å². The fourth-order valence-corrected chi connectivity index (χ4v) is 2.69. The minimum absolute atomic E-state index is 0.206. The molecule has 3 N–H and O–H groups in total. The third-order valence-corrected chi connectivity index (χ3v) is 4.03. The fourth-order valence-electron chi connectivity index (χ4n) is 2.69. The van der Waals surface area contributed by atoms with Crippen molar-refractivity contribution in [2.75, 3.05) is 11.9 Å². The van der Waals surface area contributed by atoms with Crippen LogP contribution in [0.4, 0.5) is 5.69 Å². The summed E-state index contributed by atoms with van der Waals surface area (Å²) < 4.78 is 6.99. The Morgan fingerprint density at radius 2 is 1.74 bits per heavy atom. The second-order valence-electron chi connectivity index (χ2n) is 6.03. The highest BCUT2D eigenvalue weighted by Gasteiger charge is 2.16. The van der Waals surface area contributed by atoms with E-state index in [2.05, 4.69) is 10.4 Å². The van der Waals surface area contributed by atoms with Crippen molar-refractivity contribution >= 4 is 17.5 Å². The molecule has 138 valence electrons. The van der Waals surface area contributed by atoms with E-state index in [-0.39, 0.29) is 12.5 Å². The molecule has 0 atom stereocenters. The summed E-state index contributed by atoms with van der Waals surface area (Å²) in [5.41, 5.74) is 8.68. The van der Waals surface area contributed by atoms with Gasteiger partial charge in [-0.25, -0.2) is 4.68 Å². The zero-order chi connectivity index (χ0) is 19.4. The van der Waals surface area contributed by atoms with E-state index in [1.807, 2.05) is 44.2 Å². The Bertz CT molecular complexity index is 963. The number of hydrogen-bond donors (Lipinski definition) is 2. The SMILES string of the molecule is Cc1nn(-c2ccccc2)c(C)c1NC(=O)c1ccc(OCC(N)=O)cc1. The number of carbonyl (C=O) groups excluding carboxylic acids is 2. The van der Waals surface area contributed by atoms with Crippen molar-refractivity contribution in [3.63, 3.8) is 0 Å². The number of aryl methyl sites for hydroxylation is 1. The van der Waals surface area contributed by atoms with Crippen LogP contribution in [-0.2, 0) is 4.79 Å². The largest absolute Gasteiger partial charge is 0.484 e. The number of carbonyl (C=O) groups is 2. The number of nitrogens with zero attached hydrogens (tertiary/aromatic N) is 2.